The van der Waals surface area contributed by atoms with Crippen molar-refractivity contribution in [2.24, 2.45) is 11.8 Å². The van der Waals surface area contributed by atoms with Crippen LogP contribution < -0.4 is 0 Å². The van der Waals surface area contributed by atoms with E-state index in [1.807, 2.05) is 0 Å². The summed E-state index contributed by atoms with van der Waals surface area (Å²) in [6, 6.07) is 0. The molecule has 0 radical (unpaired) electrons. The Labute approximate surface area is 92.0 Å². The first-order chi connectivity index (χ1) is 7.13. The second-order valence-electron chi connectivity index (χ2n) is 4.31. The van der Waals surface area contributed by atoms with Gasteiger partial charge in [0.2, 0.25) is 0 Å². The molecule has 2 heteroatoms. The Hall–Kier alpha value is -1.05. The van der Waals surface area contributed by atoms with Gasteiger partial charge in [0.05, 0.1) is 7.11 Å². The van der Waals surface area contributed by atoms with E-state index in [0.717, 1.165) is 19.3 Å². The summed E-state index contributed by atoms with van der Waals surface area (Å²) in [6.07, 6.45) is 8.04. The molecule has 1 rings (SSSR count). The van der Waals surface area contributed by atoms with Crippen LogP contribution >= 0.6 is 0 Å². The normalized spacial score (nSPS) is 22.5. The predicted octanol–water partition coefficient (Wildman–Crippen LogP) is 3.10. The summed E-state index contributed by atoms with van der Waals surface area (Å²) in [5, 5.41) is 0. The number of hydrogen-bond donors (Lipinski definition) is 0. The lowest BCUT2D eigenvalue weighted by molar-refractivity contribution is -0.141. The summed E-state index contributed by atoms with van der Waals surface area (Å²) in [5.41, 5.74) is 1.21. The molecule has 1 aliphatic rings. The first kappa shape index (κ1) is 12.0. The maximum Gasteiger partial charge on any atom is 0.305 e. The number of allylic oxidation sites excluding steroid dienone is 3. The Morgan fingerprint density at radius 1 is 1.73 bits per heavy atom. The third kappa shape index (κ3) is 3.90. The third-order valence-corrected chi connectivity index (χ3v) is 3.14. The lowest BCUT2D eigenvalue weighted by atomic mass is 9.82. The predicted molar refractivity (Wildman–Crippen MR) is 61.4 cm³/mol. The van der Waals surface area contributed by atoms with E-state index in [1.165, 1.54) is 12.7 Å². The Kier molecular flexibility index (Phi) is 4.60. The molecule has 0 saturated heterocycles. The number of methoxy groups -OCH3 is 1. The molecule has 0 N–H and O–H groups in total. The highest BCUT2D eigenvalue weighted by Gasteiger charge is 2.18. The van der Waals surface area contributed by atoms with Crippen LogP contribution in [0.15, 0.2) is 24.3 Å². The minimum Gasteiger partial charge on any atom is -0.469 e. The molecule has 0 spiro atoms. The highest BCUT2D eigenvalue weighted by Crippen LogP contribution is 2.29. The van der Waals surface area contributed by atoms with Gasteiger partial charge < -0.3 is 4.74 Å². The van der Waals surface area contributed by atoms with Crippen molar-refractivity contribution in [3.63, 3.8) is 0 Å². The first-order valence-electron chi connectivity index (χ1n) is 5.56. The van der Waals surface area contributed by atoms with Crippen LogP contribution in [0.3, 0.4) is 0 Å². The van der Waals surface area contributed by atoms with Crippen molar-refractivity contribution in [3.05, 3.63) is 24.3 Å². The minimum absolute atomic E-state index is 0.106. The molecule has 84 valence electrons. The quantitative estimate of drug-likeness (QED) is 0.664. The van der Waals surface area contributed by atoms with Crippen molar-refractivity contribution in [1.29, 1.82) is 0 Å². The number of rotatable bonds is 4. The molecule has 0 aromatic heterocycles. The average molecular weight is 208 g/mol. The van der Waals surface area contributed by atoms with Crippen LogP contribution in [0.4, 0.5) is 0 Å². The first-order valence-corrected chi connectivity index (χ1v) is 5.56. The van der Waals surface area contributed by atoms with E-state index in [-0.39, 0.29) is 5.97 Å². The van der Waals surface area contributed by atoms with Gasteiger partial charge in [-0.1, -0.05) is 31.2 Å². The third-order valence-electron chi connectivity index (χ3n) is 3.14. The van der Waals surface area contributed by atoms with E-state index in [2.05, 4.69) is 30.4 Å². The Morgan fingerprint density at radius 3 is 3.00 bits per heavy atom. The Balaban J connectivity index is 2.34. The molecule has 0 saturated carbocycles. The second kappa shape index (κ2) is 5.74. The van der Waals surface area contributed by atoms with Crippen LogP contribution in [0.5, 0.6) is 0 Å². The molecule has 0 amide bonds. The molecule has 0 fully saturated rings. The zero-order valence-corrected chi connectivity index (χ0v) is 9.66. The van der Waals surface area contributed by atoms with E-state index in [0.29, 0.717) is 18.3 Å². The summed E-state index contributed by atoms with van der Waals surface area (Å²) >= 11 is 0. The molecule has 0 heterocycles. The van der Waals surface area contributed by atoms with Crippen LogP contribution in [-0.2, 0) is 9.53 Å². The van der Waals surface area contributed by atoms with Crippen molar-refractivity contribution < 1.29 is 9.53 Å². The standard InChI is InChI=1S/C13H20O2/c1-10-4-7-12(8-5-10)11(2)6-9-13(14)15-3/h4,7,11-12H,1,5-6,8-9H2,2-3H3/t11-,12-/m0/s1. The molecule has 2 nitrogen and oxygen atoms in total. The molecule has 0 aromatic rings. The number of esters is 1. The van der Waals surface area contributed by atoms with Gasteiger partial charge in [0.1, 0.15) is 0 Å². The topological polar surface area (TPSA) is 26.3 Å². The van der Waals surface area contributed by atoms with Gasteiger partial charge >= 0.3 is 5.97 Å². The van der Waals surface area contributed by atoms with Gasteiger partial charge in [0.25, 0.3) is 0 Å². The Bertz CT molecular complexity index is 266. The van der Waals surface area contributed by atoms with Crippen LogP contribution in [0.1, 0.15) is 32.6 Å². The van der Waals surface area contributed by atoms with Crippen molar-refractivity contribution in [1.82, 2.24) is 0 Å². The van der Waals surface area contributed by atoms with Crippen molar-refractivity contribution in [2.45, 2.75) is 32.6 Å². The average Bonchev–Trinajstić information content (AvgIpc) is 2.26. The highest BCUT2D eigenvalue weighted by molar-refractivity contribution is 5.69. The number of hydrogen-bond acceptors (Lipinski definition) is 2. The molecular formula is C13H20O2. The summed E-state index contributed by atoms with van der Waals surface area (Å²) in [4.78, 5) is 11.0. The van der Waals surface area contributed by atoms with Crippen LogP contribution in [0.25, 0.3) is 0 Å². The molecule has 0 aromatic carbocycles. The fourth-order valence-electron chi connectivity index (χ4n) is 1.93. The lowest BCUT2D eigenvalue weighted by Gasteiger charge is -2.23. The summed E-state index contributed by atoms with van der Waals surface area (Å²) in [7, 11) is 1.44. The van der Waals surface area contributed by atoms with Gasteiger partial charge in [0, 0.05) is 6.42 Å². The summed E-state index contributed by atoms with van der Waals surface area (Å²) < 4.78 is 4.63. The number of carbonyl (C=O) groups excluding carboxylic acids is 1. The fraction of sp³-hybridized carbons (Fsp3) is 0.615. The molecule has 2 atom stereocenters. The van der Waals surface area contributed by atoms with E-state index in [1.54, 1.807) is 0 Å². The van der Waals surface area contributed by atoms with E-state index in [9.17, 15) is 4.79 Å². The monoisotopic (exact) mass is 208 g/mol. The number of ether oxygens (including phenoxy) is 1. The van der Waals surface area contributed by atoms with Crippen LogP contribution in [0.2, 0.25) is 0 Å². The summed E-state index contributed by atoms with van der Waals surface area (Å²) in [6.45, 7) is 6.13. The lowest BCUT2D eigenvalue weighted by Crippen LogP contribution is -2.14. The van der Waals surface area contributed by atoms with Gasteiger partial charge in [-0.25, -0.2) is 0 Å². The molecule has 15 heavy (non-hydrogen) atoms. The van der Waals surface area contributed by atoms with Crippen LogP contribution in [0, 0.1) is 11.8 Å². The zero-order valence-electron chi connectivity index (χ0n) is 9.66. The molecule has 0 bridgehead atoms. The van der Waals surface area contributed by atoms with E-state index >= 15 is 0 Å². The van der Waals surface area contributed by atoms with Gasteiger partial charge in [-0.15, -0.1) is 0 Å². The largest absolute Gasteiger partial charge is 0.469 e. The van der Waals surface area contributed by atoms with Gasteiger partial charge in [-0.3, -0.25) is 4.79 Å². The second-order valence-corrected chi connectivity index (χ2v) is 4.31. The molecule has 1 aliphatic carbocycles. The van der Waals surface area contributed by atoms with E-state index in [4.69, 9.17) is 0 Å². The number of carbonyl (C=O) groups is 1. The van der Waals surface area contributed by atoms with Gasteiger partial charge in [-0.05, 0) is 31.1 Å². The maximum atomic E-state index is 11.0. The smallest absolute Gasteiger partial charge is 0.305 e. The Morgan fingerprint density at radius 2 is 2.47 bits per heavy atom. The molecule has 0 aliphatic heterocycles. The summed E-state index contributed by atoms with van der Waals surface area (Å²) in [5.74, 6) is 1.04. The molecular weight excluding hydrogens is 188 g/mol. The van der Waals surface area contributed by atoms with Crippen molar-refractivity contribution in [3.8, 4) is 0 Å². The van der Waals surface area contributed by atoms with Crippen LogP contribution in [-0.4, -0.2) is 13.1 Å². The SMILES string of the molecule is C=C1C=C[C@H]([C@@H](C)CCC(=O)OC)CC1. The van der Waals surface area contributed by atoms with Crippen molar-refractivity contribution >= 4 is 5.97 Å². The highest BCUT2D eigenvalue weighted by atomic mass is 16.5. The maximum absolute atomic E-state index is 11.0. The van der Waals surface area contributed by atoms with Gasteiger partial charge in [0.15, 0.2) is 0 Å². The van der Waals surface area contributed by atoms with Gasteiger partial charge in [-0.2, -0.15) is 0 Å². The fourth-order valence-corrected chi connectivity index (χ4v) is 1.93. The van der Waals surface area contributed by atoms with E-state index < -0.39 is 0 Å². The molecule has 0 unspecified atom stereocenters. The minimum atomic E-state index is -0.106. The zero-order chi connectivity index (χ0) is 11.3. The van der Waals surface area contributed by atoms with Crippen molar-refractivity contribution in [2.75, 3.05) is 7.11 Å².